The van der Waals surface area contributed by atoms with Gasteiger partial charge in [0, 0.05) is 32.3 Å². The van der Waals surface area contributed by atoms with Gasteiger partial charge in [0.15, 0.2) is 0 Å². The van der Waals surface area contributed by atoms with Crippen molar-refractivity contribution in [1.29, 1.82) is 0 Å². The number of aryl methyl sites for hydroxylation is 1. The third kappa shape index (κ3) is 8.94. The minimum Gasteiger partial charge on any atom is -0.475 e. The molecule has 3 saturated heterocycles. The van der Waals surface area contributed by atoms with Gasteiger partial charge in [-0.05, 0) is 31.9 Å². The van der Waals surface area contributed by atoms with E-state index < -0.39 is 24.3 Å². The van der Waals surface area contributed by atoms with Gasteiger partial charge in [-0.25, -0.2) is 9.59 Å². The minimum atomic E-state index is -5.08. The van der Waals surface area contributed by atoms with E-state index in [1.807, 2.05) is 6.92 Å². The van der Waals surface area contributed by atoms with Crippen molar-refractivity contribution >= 4 is 11.9 Å². The molecule has 4 rings (SSSR count). The number of carboxylic acids is 2. The van der Waals surface area contributed by atoms with Crippen molar-refractivity contribution in [2.45, 2.75) is 56.9 Å². The van der Waals surface area contributed by atoms with Crippen LogP contribution in [0.2, 0.25) is 0 Å². The summed E-state index contributed by atoms with van der Waals surface area (Å²) in [6.07, 6.45) is -7.40. The summed E-state index contributed by atoms with van der Waals surface area (Å²) in [5, 5.41) is 14.2. The second kappa shape index (κ2) is 12.7. The first-order valence-corrected chi connectivity index (χ1v) is 11.0. The molecule has 2 N–H and O–H groups in total. The lowest BCUT2D eigenvalue weighted by molar-refractivity contribution is -0.193. The van der Waals surface area contributed by atoms with Crippen molar-refractivity contribution in [3.05, 3.63) is 23.7 Å². The fourth-order valence-electron chi connectivity index (χ4n) is 4.21. The molecule has 0 aromatic carbocycles. The van der Waals surface area contributed by atoms with Gasteiger partial charge in [0.1, 0.15) is 11.5 Å². The van der Waals surface area contributed by atoms with Crippen LogP contribution in [0.5, 0.6) is 0 Å². The first-order valence-electron chi connectivity index (χ1n) is 11.0. The molecule has 3 aliphatic heterocycles. The fraction of sp³-hybridized carbons (Fsp3) is 0.714. The molecule has 0 unspecified atom stereocenters. The highest BCUT2D eigenvalue weighted by molar-refractivity contribution is 5.73. The lowest BCUT2D eigenvalue weighted by atomic mass is 10.00. The van der Waals surface area contributed by atoms with Crippen molar-refractivity contribution in [2.75, 3.05) is 39.5 Å². The number of hydrogen-bond donors (Lipinski definition) is 2. The molecule has 0 saturated carbocycles. The van der Waals surface area contributed by atoms with Gasteiger partial charge >= 0.3 is 24.3 Å². The second-order valence-corrected chi connectivity index (χ2v) is 8.31. The van der Waals surface area contributed by atoms with Gasteiger partial charge in [0.25, 0.3) is 0 Å². The Labute approximate surface area is 202 Å². The van der Waals surface area contributed by atoms with Crippen LogP contribution < -0.4 is 0 Å². The molecule has 3 aliphatic rings. The molecular weight excluding hydrogens is 506 g/mol. The van der Waals surface area contributed by atoms with E-state index in [9.17, 15) is 26.3 Å². The van der Waals surface area contributed by atoms with Crippen LogP contribution in [-0.2, 0) is 25.6 Å². The van der Waals surface area contributed by atoms with E-state index in [2.05, 4.69) is 21.9 Å². The number of hydrogen-bond acceptors (Lipinski definition) is 7. The van der Waals surface area contributed by atoms with Crippen LogP contribution in [0.25, 0.3) is 0 Å². The van der Waals surface area contributed by atoms with Gasteiger partial charge in [-0.1, -0.05) is 0 Å². The maximum atomic E-state index is 10.6. The minimum absolute atomic E-state index is 0.350. The molecule has 3 atom stereocenters. The highest BCUT2D eigenvalue weighted by Gasteiger charge is 2.46. The Balaban J connectivity index is 0.000000271. The second-order valence-electron chi connectivity index (χ2n) is 8.31. The van der Waals surface area contributed by atoms with E-state index >= 15 is 0 Å². The number of alkyl halides is 6. The predicted molar refractivity (Wildman–Crippen MR) is 110 cm³/mol. The summed E-state index contributed by atoms with van der Waals surface area (Å²) in [5.74, 6) is -3.44. The Bertz CT molecular complexity index is 831. The monoisotopic (exact) mass is 534 g/mol. The third-order valence-electron chi connectivity index (χ3n) is 5.76. The van der Waals surface area contributed by atoms with Crippen molar-refractivity contribution in [3.63, 3.8) is 0 Å². The van der Waals surface area contributed by atoms with Crippen molar-refractivity contribution in [3.8, 4) is 0 Å². The Morgan fingerprint density at radius 1 is 0.972 bits per heavy atom. The van der Waals surface area contributed by atoms with Crippen LogP contribution in [0.3, 0.4) is 0 Å². The highest BCUT2D eigenvalue weighted by Crippen LogP contribution is 2.33. The van der Waals surface area contributed by atoms with Crippen molar-refractivity contribution in [1.82, 2.24) is 9.80 Å². The average molecular weight is 534 g/mol. The zero-order chi connectivity index (χ0) is 27.1. The summed E-state index contributed by atoms with van der Waals surface area (Å²) in [6, 6.07) is 5.20. The molecule has 1 aromatic rings. The van der Waals surface area contributed by atoms with E-state index in [0.717, 1.165) is 57.5 Å². The third-order valence-corrected chi connectivity index (χ3v) is 5.76. The molecule has 15 heteroatoms. The summed E-state index contributed by atoms with van der Waals surface area (Å²) >= 11 is 0. The molecule has 0 spiro atoms. The smallest absolute Gasteiger partial charge is 0.475 e. The molecule has 4 heterocycles. The molecule has 0 radical (unpaired) electrons. The number of fused-ring (bicyclic) bond motifs is 1. The number of halogens is 6. The standard InChI is InChI=1S/C17H26N2O3.2C2HF3O2/c1-13-4-5-14(22-13)11-19-12-16(18-6-9-20-10-7-18)17-15(19)3-2-8-21-17;2*3-2(4,5)1(6)7/h4-5,15-17H,2-3,6-12H2,1H3;2*(H,6,7)/t15-,16-,17+;;/m0../s1. The number of morpholine rings is 1. The van der Waals surface area contributed by atoms with Gasteiger partial charge in [-0.2, -0.15) is 26.3 Å². The average Bonchev–Trinajstić information content (AvgIpc) is 3.37. The number of rotatable bonds is 3. The van der Waals surface area contributed by atoms with Crippen LogP contribution in [0.4, 0.5) is 26.3 Å². The maximum Gasteiger partial charge on any atom is 0.490 e. The lowest BCUT2D eigenvalue weighted by Gasteiger charge is -2.37. The van der Waals surface area contributed by atoms with E-state index in [1.165, 1.54) is 12.8 Å². The molecular formula is C21H28F6N2O7. The zero-order valence-electron chi connectivity index (χ0n) is 19.3. The number of furan rings is 1. The molecule has 0 aliphatic carbocycles. The Morgan fingerprint density at radius 2 is 1.53 bits per heavy atom. The Morgan fingerprint density at radius 3 is 2.00 bits per heavy atom. The predicted octanol–water partition coefficient (Wildman–Crippen LogP) is 2.92. The van der Waals surface area contributed by atoms with Crippen molar-refractivity contribution in [2.24, 2.45) is 0 Å². The first-order chi connectivity index (χ1) is 16.7. The lowest BCUT2D eigenvalue weighted by Crippen LogP contribution is -2.51. The molecule has 0 amide bonds. The number of nitrogens with zero attached hydrogens (tertiary/aromatic N) is 2. The van der Waals surface area contributed by atoms with Gasteiger partial charge in [-0.3, -0.25) is 9.80 Å². The number of aliphatic carboxylic acids is 2. The molecule has 9 nitrogen and oxygen atoms in total. The molecule has 3 fully saturated rings. The zero-order valence-corrected chi connectivity index (χ0v) is 19.3. The first kappa shape index (κ1) is 29.9. The maximum absolute atomic E-state index is 10.6. The summed E-state index contributed by atoms with van der Waals surface area (Å²) in [5.41, 5.74) is 0. The molecule has 206 valence electrons. The molecule has 1 aromatic heterocycles. The van der Waals surface area contributed by atoms with Crippen LogP contribution in [0.1, 0.15) is 24.4 Å². The van der Waals surface area contributed by atoms with Crippen LogP contribution in [0.15, 0.2) is 16.5 Å². The van der Waals surface area contributed by atoms with Crippen LogP contribution >= 0.6 is 0 Å². The summed E-state index contributed by atoms with van der Waals surface area (Å²) < 4.78 is 81.0. The fourth-order valence-corrected chi connectivity index (χ4v) is 4.21. The largest absolute Gasteiger partial charge is 0.490 e. The van der Waals surface area contributed by atoms with E-state index in [1.54, 1.807) is 0 Å². The number of likely N-dealkylation sites (tertiary alicyclic amines) is 1. The van der Waals surface area contributed by atoms with Gasteiger partial charge in [0.05, 0.1) is 31.9 Å². The normalized spacial score (nSPS) is 25.1. The van der Waals surface area contributed by atoms with Gasteiger partial charge < -0.3 is 24.1 Å². The Kier molecular flexibility index (Phi) is 10.6. The van der Waals surface area contributed by atoms with Crippen LogP contribution in [0, 0.1) is 6.92 Å². The molecule has 36 heavy (non-hydrogen) atoms. The van der Waals surface area contributed by atoms with E-state index in [-0.39, 0.29) is 0 Å². The van der Waals surface area contributed by atoms with E-state index in [0.29, 0.717) is 18.2 Å². The SMILES string of the molecule is Cc1ccc(CN2C[C@H](N3CCOCC3)[C@@H]3OCCC[C@@H]32)o1.O=C(O)C(F)(F)F.O=C(O)C(F)(F)F. The quantitative estimate of drug-likeness (QED) is 0.566. The number of carboxylic acid groups (broad SMARTS) is 2. The van der Waals surface area contributed by atoms with Gasteiger partial charge in [0.2, 0.25) is 0 Å². The number of carbonyl (C=O) groups is 2. The van der Waals surface area contributed by atoms with E-state index in [4.69, 9.17) is 33.7 Å². The number of ether oxygens (including phenoxy) is 2. The molecule has 0 bridgehead atoms. The highest BCUT2D eigenvalue weighted by atomic mass is 19.4. The summed E-state index contributed by atoms with van der Waals surface area (Å²) in [7, 11) is 0. The summed E-state index contributed by atoms with van der Waals surface area (Å²) in [6.45, 7) is 8.67. The Hall–Kier alpha value is -2.36. The topological polar surface area (TPSA) is 113 Å². The van der Waals surface area contributed by atoms with Gasteiger partial charge in [-0.15, -0.1) is 0 Å². The van der Waals surface area contributed by atoms with Crippen molar-refractivity contribution < 1.29 is 60.0 Å². The summed E-state index contributed by atoms with van der Waals surface area (Å²) in [4.78, 5) is 22.9. The van der Waals surface area contributed by atoms with Crippen LogP contribution in [-0.4, -0.2) is 102 Å².